The molecule has 13 heteroatoms. The van der Waals surface area contributed by atoms with E-state index < -0.39 is 29.2 Å². The van der Waals surface area contributed by atoms with Crippen molar-refractivity contribution < 1.29 is 31.9 Å². The third-order valence-electron chi connectivity index (χ3n) is 4.29. The van der Waals surface area contributed by atoms with Crippen molar-refractivity contribution in [1.82, 2.24) is 14.8 Å². The molecule has 0 aliphatic carbocycles. The molecule has 1 atom stereocenters. The van der Waals surface area contributed by atoms with Crippen LogP contribution in [0.25, 0.3) is 0 Å². The van der Waals surface area contributed by atoms with Gasteiger partial charge in [0, 0.05) is 18.5 Å². The highest BCUT2D eigenvalue weighted by atomic mass is 32.2. The van der Waals surface area contributed by atoms with Crippen LogP contribution < -0.4 is 15.8 Å². The van der Waals surface area contributed by atoms with Crippen LogP contribution in [0.15, 0.2) is 52.2 Å². The van der Waals surface area contributed by atoms with Gasteiger partial charge in [0.2, 0.25) is 11.8 Å². The Bertz CT molecular complexity index is 1080. The number of nitrogens with two attached hydrogens (primary N) is 1. The van der Waals surface area contributed by atoms with Crippen molar-refractivity contribution >= 4 is 29.3 Å². The summed E-state index contributed by atoms with van der Waals surface area (Å²) in [6.07, 6.45) is -2.91. The number of hydrogen-bond donors (Lipinski definition) is 2. The van der Waals surface area contributed by atoms with E-state index in [0.29, 0.717) is 29.0 Å². The van der Waals surface area contributed by atoms with Crippen LogP contribution in [0.4, 0.5) is 18.9 Å². The van der Waals surface area contributed by atoms with Gasteiger partial charge in [0.15, 0.2) is 5.16 Å². The number of nitrogens with zero attached hydrogens (tertiary/aromatic N) is 3. The number of carbonyl (C=O) groups is 2. The molecule has 0 aliphatic heterocycles. The first-order chi connectivity index (χ1) is 15.6. The number of amides is 2. The Morgan fingerprint density at radius 2 is 1.97 bits per heavy atom. The van der Waals surface area contributed by atoms with E-state index >= 15 is 0 Å². The maximum Gasteiger partial charge on any atom is 0.573 e. The number of thioether (sulfide) groups is 1. The number of rotatable bonds is 10. The molecule has 2 aromatic heterocycles. The fourth-order valence-electron chi connectivity index (χ4n) is 2.74. The summed E-state index contributed by atoms with van der Waals surface area (Å²) in [6, 6.07) is 8.32. The fourth-order valence-corrected chi connectivity index (χ4v) is 3.61. The van der Waals surface area contributed by atoms with Gasteiger partial charge in [-0.25, -0.2) is 0 Å². The molecule has 0 saturated heterocycles. The number of benzene rings is 1. The minimum Gasteiger partial charge on any atom is -0.467 e. The number of anilines is 1. The number of carbonyl (C=O) groups excluding carboxylic acids is 2. The lowest BCUT2D eigenvalue weighted by Gasteiger charge is -2.14. The Hall–Kier alpha value is -3.48. The van der Waals surface area contributed by atoms with Gasteiger partial charge in [-0.15, -0.1) is 23.4 Å². The highest BCUT2D eigenvalue weighted by molar-refractivity contribution is 8.00. The highest BCUT2D eigenvalue weighted by Crippen LogP contribution is 2.27. The molecule has 0 saturated carbocycles. The zero-order valence-corrected chi connectivity index (χ0v) is 18.2. The van der Waals surface area contributed by atoms with E-state index in [2.05, 4.69) is 20.3 Å². The van der Waals surface area contributed by atoms with Gasteiger partial charge >= 0.3 is 6.36 Å². The van der Waals surface area contributed by atoms with Crippen molar-refractivity contribution in [2.75, 3.05) is 5.32 Å². The molecule has 0 spiro atoms. The molecule has 3 N–H and O–H groups in total. The smallest absolute Gasteiger partial charge is 0.467 e. The molecule has 2 heterocycles. The molecule has 9 nitrogen and oxygen atoms in total. The molecule has 0 aliphatic rings. The quantitative estimate of drug-likeness (QED) is 0.424. The molecule has 33 heavy (non-hydrogen) atoms. The van der Waals surface area contributed by atoms with Crippen LogP contribution in [-0.2, 0) is 22.6 Å². The van der Waals surface area contributed by atoms with E-state index in [1.54, 1.807) is 23.6 Å². The Kier molecular flexibility index (Phi) is 7.63. The maximum atomic E-state index is 12.6. The number of primary amides is 1. The second kappa shape index (κ2) is 10.4. The number of hydrogen-bond acceptors (Lipinski definition) is 7. The molecule has 1 aromatic carbocycles. The van der Waals surface area contributed by atoms with Gasteiger partial charge in [-0.05, 0) is 43.3 Å². The van der Waals surface area contributed by atoms with E-state index in [9.17, 15) is 22.8 Å². The molecule has 0 radical (unpaired) electrons. The summed E-state index contributed by atoms with van der Waals surface area (Å²) >= 11 is 1.13. The second-order valence-electron chi connectivity index (χ2n) is 6.85. The Balaban J connectivity index is 1.67. The SMILES string of the molecule is C[C@H](Sc1nnc(CCC(N)=O)n1Cc1ccco1)C(=O)Nc1ccc(OC(F)(F)F)cc1. The Labute approximate surface area is 190 Å². The number of halogens is 3. The van der Waals surface area contributed by atoms with Crippen molar-refractivity contribution in [1.29, 1.82) is 0 Å². The van der Waals surface area contributed by atoms with Gasteiger partial charge < -0.3 is 20.2 Å². The zero-order chi connectivity index (χ0) is 24.0. The third kappa shape index (κ3) is 7.27. The van der Waals surface area contributed by atoms with Crippen molar-refractivity contribution in [2.45, 2.75) is 43.1 Å². The number of alkyl halides is 3. The lowest BCUT2D eigenvalue weighted by atomic mass is 10.3. The largest absolute Gasteiger partial charge is 0.573 e. The third-order valence-corrected chi connectivity index (χ3v) is 5.37. The van der Waals surface area contributed by atoms with E-state index in [4.69, 9.17) is 10.2 Å². The maximum absolute atomic E-state index is 12.6. The molecule has 176 valence electrons. The summed E-state index contributed by atoms with van der Waals surface area (Å²) in [6.45, 7) is 1.95. The Morgan fingerprint density at radius 3 is 2.58 bits per heavy atom. The van der Waals surface area contributed by atoms with Crippen LogP contribution in [0.5, 0.6) is 5.75 Å². The molecular weight excluding hydrogens is 463 g/mol. The fraction of sp³-hybridized carbons (Fsp3) is 0.300. The summed E-state index contributed by atoms with van der Waals surface area (Å²) in [4.78, 5) is 23.8. The number of furan rings is 1. The first-order valence-corrected chi connectivity index (χ1v) is 10.5. The summed E-state index contributed by atoms with van der Waals surface area (Å²) in [7, 11) is 0. The topological polar surface area (TPSA) is 125 Å². The Morgan fingerprint density at radius 1 is 1.24 bits per heavy atom. The average molecular weight is 483 g/mol. The second-order valence-corrected chi connectivity index (χ2v) is 8.16. The molecule has 0 unspecified atom stereocenters. The monoisotopic (exact) mass is 483 g/mol. The summed E-state index contributed by atoms with van der Waals surface area (Å²) < 4.78 is 47.7. The average Bonchev–Trinajstić information content (AvgIpc) is 3.37. The van der Waals surface area contributed by atoms with E-state index in [1.807, 2.05) is 0 Å². The summed E-state index contributed by atoms with van der Waals surface area (Å²) in [5.74, 6) is -0.111. The highest BCUT2D eigenvalue weighted by Gasteiger charge is 2.31. The first kappa shape index (κ1) is 24.2. The lowest BCUT2D eigenvalue weighted by Crippen LogP contribution is -2.23. The van der Waals surface area contributed by atoms with Gasteiger partial charge in [-0.3, -0.25) is 14.2 Å². The van der Waals surface area contributed by atoms with Crippen LogP contribution in [0.1, 0.15) is 24.9 Å². The van der Waals surface area contributed by atoms with Crippen molar-refractivity contribution in [3.05, 3.63) is 54.2 Å². The van der Waals surface area contributed by atoms with Crippen LogP contribution in [0.2, 0.25) is 0 Å². The van der Waals surface area contributed by atoms with Crippen molar-refractivity contribution in [2.24, 2.45) is 5.73 Å². The molecule has 2 amide bonds. The molecule has 3 rings (SSSR count). The van der Waals surface area contributed by atoms with E-state index in [0.717, 1.165) is 23.9 Å². The molecule has 0 bridgehead atoms. The summed E-state index contributed by atoms with van der Waals surface area (Å²) in [5.41, 5.74) is 5.54. The number of aromatic nitrogens is 3. The number of aryl methyl sites for hydroxylation is 1. The molecule has 3 aromatic rings. The van der Waals surface area contributed by atoms with Crippen molar-refractivity contribution in [3.8, 4) is 5.75 Å². The van der Waals surface area contributed by atoms with Crippen LogP contribution >= 0.6 is 11.8 Å². The normalized spacial score (nSPS) is 12.4. The number of ether oxygens (including phenoxy) is 1. The predicted octanol–water partition coefficient (Wildman–Crippen LogP) is 3.36. The minimum absolute atomic E-state index is 0.0883. The van der Waals surface area contributed by atoms with Gasteiger partial charge in [0.05, 0.1) is 18.1 Å². The van der Waals surface area contributed by atoms with Crippen molar-refractivity contribution in [3.63, 3.8) is 0 Å². The lowest BCUT2D eigenvalue weighted by molar-refractivity contribution is -0.274. The van der Waals surface area contributed by atoms with Crippen LogP contribution in [0, 0.1) is 0 Å². The molecular formula is C20H20F3N5O4S. The van der Waals surface area contributed by atoms with Gasteiger partial charge in [0.25, 0.3) is 0 Å². The van der Waals surface area contributed by atoms with E-state index in [-0.39, 0.29) is 12.8 Å². The van der Waals surface area contributed by atoms with E-state index in [1.165, 1.54) is 18.4 Å². The molecule has 0 fully saturated rings. The standard InChI is InChI=1S/C20H20F3N5O4S/c1-12(18(30)25-13-4-6-14(7-5-13)32-20(21,22)23)33-19-27-26-17(9-8-16(24)29)28(19)11-15-3-2-10-31-15/h2-7,10,12H,8-9,11H2,1H3,(H2,24,29)(H,25,30)/t12-/m0/s1. The van der Waals surface area contributed by atoms with Crippen LogP contribution in [0.3, 0.4) is 0 Å². The minimum atomic E-state index is -4.79. The first-order valence-electron chi connectivity index (χ1n) is 9.67. The van der Waals surface area contributed by atoms with Crippen LogP contribution in [-0.4, -0.2) is 38.2 Å². The number of nitrogens with one attached hydrogen (secondary N) is 1. The van der Waals surface area contributed by atoms with Gasteiger partial charge in [-0.2, -0.15) is 0 Å². The van der Waals surface area contributed by atoms with Gasteiger partial charge in [0.1, 0.15) is 17.3 Å². The zero-order valence-electron chi connectivity index (χ0n) is 17.3. The van der Waals surface area contributed by atoms with Gasteiger partial charge in [-0.1, -0.05) is 11.8 Å². The summed E-state index contributed by atoms with van der Waals surface area (Å²) in [5, 5.41) is 10.7. The predicted molar refractivity (Wildman–Crippen MR) is 112 cm³/mol.